The van der Waals surface area contributed by atoms with Crippen molar-refractivity contribution in [2.24, 2.45) is 11.7 Å². The van der Waals surface area contributed by atoms with Crippen molar-refractivity contribution >= 4 is 5.94 Å². The Morgan fingerprint density at radius 1 is 1.67 bits per heavy atom. The van der Waals surface area contributed by atoms with E-state index in [1.54, 1.807) is 0 Å². The van der Waals surface area contributed by atoms with Crippen molar-refractivity contribution < 1.29 is 4.79 Å². The first-order valence-electron chi connectivity index (χ1n) is 3.16. The van der Waals surface area contributed by atoms with Crippen LogP contribution in [0.3, 0.4) is 0 Å². The smallest absolute Gasteiger partial charge is 0.123 e. The largest absolute Gasteiger partial charge is 0.330 e. The second-order valence-corrected chi connectivity index (χ2v) is 2.32. The summed E-state index contributed by atoms with van der Waals surface area (Å²) in [4.78, 5) is 10.1. The molecule has 0 fully saturated rings. The zero-order valence-corrected chi connectivity index (χ0v) is 5.98. The van der Waals surface area contributed by atoms with Gasteiger partial charge in [-0.15, -0.1) is 0 Å². The first-order valence-corrected chi connectivity index (χ1v) is 3.16. The minimum Gasteiger partial charge on any atom is -0.330 e. The molecule has 2 nitrogen and oxygen atoms in total. The Bertz CT molecular complexity index is 123. The van der Waals surface area contributed by atoms with Gasteiger partial charge < -0.3 is 5.73 Å². The fraction of sp³-hybridized carbons (Fsp3) is 0.714. The summed E-state index contributed by atoms with van der Waals surface area (Å²) in [5.74, 6) is 2.19. The van der Waals surface area contributed by atoms with Crippen molar-refractivity contribution in [3.05, 3.63) is 5.57 Å². The Balaban J connectivity index is 3.86. The van der Waals surface area contributed by atoms with Crippen LogP contribution >= 0.6 is 0 Å². The van der Waals surface area contributed by atoms with Crippen LogP contribution in [0.25, 0.3) is 0 Å². The summed E-state index contributed by atoms with van der Waals surface area (Å²) in [5.41, 5.74) is 6.03. The van der Waals surface area contributed by atoms with E-state index in [2.05, 4.69) is 0 Å². The van der Waals surface area contributed by atoms with Crippen molar-refractivity contribution in [3.63, 3.8) is 0 Å². The summed E-state index contributed by atoms with van der Waals surface area (Å²) >= 11 is 0. The van der Waals surface area contributed by atoms with Crippen molar-refractivity contribution in [1.82, 2.24) is 0 Å². The zero-order valence-electron chi connectivity index (χ0n) is 5.98. The summed E-state index contributed by atoms with van der Waals surface area (Å²) < 4.78 is 0. The van der Waals surface area contributed by atoms with E-state index in [9.17, 15) is 4.79 Å². The molecule has 0 aromatic rings. The molecule has 0 amide bonds. The Hall–Kier alpha value is -0.590. The first kappa shape index (κ1) is 8.41. The minimum absolute atomic E-state index is 0.297. The van der Waals surface area contributed by atoms with Gasteiger partial charge in [0.15, 0.2) is 0 Å². The molecule has 0 heterocycles. The Labute approximate surface area is 55.7 Å². The molecule has 0 aliphatic rings. The van der Waals surface area contributed by atoms with E-state index < -0.39 is 0 Å². The van der Waals surface area contributed by atoms with Crippen LogP contribution in [0.2, 0.25) is 0 Å². The van der Waals surface area contributed by atoms with Gasteiger partial charge >= 0.3 is 0 Å². The van der Waals surface area contributed by atoms with Gasteiger partial charge in [0.25, 0.3) is 0 Å². The Kier molecular flexibility index (Phi) is 4.02. The van der Waals surface area contributed by atoms with Gasteiger partial charge in [0.1, 0.15) is 5.94 Å². The highest BCUT2D eigenvalue weighted by molar-refractivity contribution is 5.52. The molecule has 2 heteroatoms. The standard InChI is InChI=1S/C7H13NO/c1-6(2)7(5-9)3-4-8/h6H,3-4,8H2,1-2H3. The fourth-order valence-corrected chi connectivity index (χ4v) is 0.613. The van der Waals surface area contributed by atoms with Gasteiger partial charge in [-0.1, -0.05) is 13.8 Å². The van der Waals surface area contributed by atoms with Crippen molar-refractivity contribution in [2.75, 3.05) is 6.54 Å². The topological polar surface area (TPSA) is 43.1 Å². The lowest BCUT2D eigenvalue weighted by Gasteiger charge is -2.02. The van der Waals surface area contributed by atoms with Crippen molar-refractivity contribution in [3.8, 4) is 0 Å². The molecule has 2 N–H and O–H groups in total. The van der Waals surface area contributed by atoms with Crippen molar-refractivity contribution in [1.29, 1.82) is 0 Å². The third kappa shape index (κ3) is 3.07. The van der Waals surface area contributed by atoms with Crippen molar-refractivity contribution in [2.45, 2.75) is 20.3 Å². The molecule has 0 spiro atoms. The summed E-state index contributed by atoms with van der Waals surface area (Å²) in [6.45, 7) is 4.48. The molecule has 52 valence electrons. The second-order valence-electron chi connectivity index (χ2n) is 2.32. The Morgan fingerprint density at radius 3 is 2.33 bits per heavy atom. The maximum absolute atomic E-state index is 10.1. The number of carbonyl (C=O) groups excluding carboxylic acids is 1. The lowest BCUT2D eigenvalue weighted by molar-refractivity contribution is 0.560. The molecule has 0 aliphatic heterocycles. The molecule has 0 saturated carbocycles. The minimum atomic E-state index is 0.297. The summed E-state index contributed by atoms with van der Waals surface area (Å²) in [5, 5.41) is 0. The molecule has 0 aromatic heterocycles. The van der Waals surface area contributed by atoms with Gasteiger partial charge in [0.2, 0.25) is 0 Å². The maximum Gasteiger partial charge on any atom is 0.123 e. The monoisotopic (exact) mass is 127 g/mol. The maximum atomic E-state index is 10.1. The average molecular weight is 127 g/mol. The van der Waals surface area contributed by atoms with E-state index in [1.807, 2.05) is 19.8 Å². The molecule has 0 aliphatic carbocycles. The van der Waals surface area contributed by atoms with Crippen LogP contribution in [0.15, 0.2) is 5.57 Å². The predicted molar refractivity (Wildman–Crippen MR) is 37.7 cm³/mol. The van der Waals surface area contributed by atoms with E-state index >= 15 is 0 Å². The lowest BCUT2D eigenvalue weighted by Crippen LogP contribution is -2.04. The van der Waals surface area contributed by atoms with Gasteiger partial charge in [0.05, 0.1) is 0 Å². The van der Waals surface area contributed by atoms with E-state index in [4.69, 9.17) is 5.73 Å². The van der Waals surface area contributed by atoms with Crippen LogP contribution < -0.4 is 5.73 Å². The van der Waals surface area contributed by atoms with Crippen LogP contribution in [0, 0.1) is 5.92 Å². The van der Waals surface area contributed by atoms with Crippen LogP contribution in [0.1, 0.15) is 20.3 Å². The van der Waals surface area contributed by atoms with Crippen LogP contribution in [0.4, 0.5) is 0 Å². The predicted octanol–water partition coefficient (Wildman–Crippen LogP) is 0.749. The SMILES string of the molecule is CC(C)C(=C=O)CCN. The molecule has 0 aromatic carbocycles. The van der Waals surface area contributed by atoms with E-state index in [1.165, 1.54) is 0 Å². The summed E-state index contributed by atoms with van der Waals surface area (Å²) in [6, 6.07) is 0. The number of rotatable bonds is 3. The van der Waals surface area contributed by atoms with E-state index in [-0.39, 0.29) is 0 Å². The Morgan fingerprint density at radius 2 is 2.22 bits per heavy atom. The van der Waals surface area contributed by atoms with Crippen LogP contribution in [-0.4, -0.2) is 12.5 Å². The summed E-state index contributed by atoms with van der Waals surface area (Å²) in [7, 11) is 0. The van der Waals surface area contributed by atoms with Gasteiger partial charge in [-0.2, -0.15) is 0 Å². The number of nitrogens with two attached hydrogens (primary N) is 1. The normalized spacial score (nSPS) is 9.33. The van der Waals surface area contributed by atoms with Gasteiger partial charge in [-0.3, -0.25) is 0 Å². The van der Waals surface area contributed by atoms with Crippen LogP contribution in [0.5, 0.6) is 0 Å². The van der Waals surface area contributed by atoms with Gasteiger partial charge in [0, 0.05) is 5.57 Å². The molecule has 0 saturated heterocycles. The van der Waals surface area contributed by atoms with Gasteiger partial charge in [-0.05, 0) is 18.9 Å². The highest BCUT2D eigenvalue weighted by atomic mass is 16.1. The average Bonchev–Trinajstić information content (AvgIpc) is 1.82. The third-order valence-corrected chi connectivity index (χ3v) is 1.24. The fourth-order valence-electron chi connectivity index (χ4n) is 0.613. The van der Waals surface area contributed by atoms with E-state index in [0.29, 0.717) is 18.9 Å². The highest BCUT2D eigenvalue weighted by Gasteiger charge is 2.01. The first-order chi connectivity index (χ1) is 4.22. The lowest BCUT2D eigenvalue weighted by atomic mass is 10.0. The molecular weight excluding hydrogens is 114 g/mol. The molecule has 0 radical (unpaired) electrons. The quantitative estimate of drug-likeness (QED) is 0.568. The molecule has 0 atom stereocenters. The molecular formula is C7H13NO. The third-order valence-electron chi connectivity index (χ3n) is 1.24. The highest BCUT2D eigenvalue weighted by Crippen LogP contribution is 2.07. The molecule has 0 bridgehead atoms. The van der Waals surface area contributed by atoms with E-state index in [0.717, 1.165) is 5.57 Å². The number of hydrogen-bond acceptors (Lipinski definition) is 2. The van der Waals surface area contributed by atoms with Gasteiger partial charge in [-0.25, -0.2) is 4.79 Å². The summed E-state index contributed by atoms with van der Waals surface area (Å²) in [6.07, 6.45) is 0.682. The number of hydrogen-bond donors (Lipinski definition) is 1. The molecule has 0 rings (SSSR count). The second kappa shape index (κ2) is 4.30. The molecule has 9 heavy (non-hydrogen) atoms. The van der Waals surface area contributed by atoms with Crippen LogP contribution in [-0.2, 0) is 4.79 Å². The molecule has 0 unspecified atom stereocenters. The zero-order chi connectivity index (χ0) is 7.28.